The number of ether oxygens (including phenoxy) is 1. The summed E-state index contributed by atoms with van der Waals surface area (Å²) in [5.41, 5.74) is 0.995. The molecule has 0 spiro atoms. The molecule has 0 bridgehead atoms. The van der Waals surface area contributed by atoms with Gasteiger partial charge in [-0.2, -0.15) is 0 Å². The number of hydrogen-bond donors (Lipinski definition) is 0. The second kappa shape index (κ2) is 2.08. The van der Waals surface area contributed by atoms with Crippen LogP contribution in [0.25, 0.3) is 0 Å². The quantitative estimate of drug-likeness (QED) is 0.375. The molecule has 0 aromatic heterocycles. The molecule has 2 atom stereocenters. The minimum Gasteiger partial charge on any atom is -0.350 e. The summed E-state index contributed by atoms with van der Waals surface area (Å²) in [6, 6.07) is 0. The summed E-state index contributed by atoms with van der Waals surface area (Å²) < 4.78 is 5.47. The Morgan fingerprint density at radius 3 is 3.09 bits per heavy atom. The van der Waals surface area contributed by atoms with Crippen molar-refractivity contribution in [1.82, 2.24) is 4.90 Å². The monoisotopic (exact) mass is 153 g/mol. The SMILES string of the molecule is C=C1CN2C(=O)C[C@@H]2O[C@H]1C. The summed E-state index contributed by atoms with van der Waals surface area (Å²) in [6.07, 6.45) is 0.713. The molecule has 0 aromatic rings. The normalized spacial score (nSPS) is 36.6. The summed E-state index contributed by atoms with van der Waals surface area (Å²) >= 11 is 0. The summed E-state index contributed by atoms with van der Waals surface area (Å²) in [5, 5.41) is 0. The van der Waals surface area contributed by atoms with Gasteiger partial charge in [-0.25, -0.2) is 0 Å². The molecule has 2 heterocycles. The first-order chi connectivity index (χ1) is 5.18. The van der Waals surface area contributed by atoms with Crippen LogP contribution in [0.1, 0.15) is 13.3 Å². The maximum atomic E-state index is 10.9. The number of amides is 1. The van der Waals surface area contributed by atoms with Crippen LogP contribution in [0.5, 0.6) is 0 Å². The Labute approximate surface area is 65.6 Å². The van der Waals surface area contributed by atoms with Crippen molar-refractivity contribution in [3.05, 3.63) is 12.2 Å². The number of hydrogen-bond acceptors (Lipinski definition) is 2. The zero-order chi connectivity index (χ0) is 8.01. The first-order valence-electron chi connectivity index (χ1n) is 3.81. The molecule has 2 aliphatic rings. The lowest BCUT2D eigenvalue weighted by Crippen LogP contribution is -2.59. The van der Waals surface area contributed by atoms with Gasteiger partial charge < -0.3 is 9.64 Å². The second-order valence-corrected chi connectivity index (χ2v) is 3.12. The highest BCUT2D eigenvalue weighted by Gasteiger charge is 2.41. The molecule has 0 aromatic carbocycles. The fourth-order valence-electron chi connectivity index (χ4n) is 1.42. The lowest BCUT2D eigenvalue weighted by Gasteiger charge is -2.46. The Hall–Kier alpha value is -0.830. The van der Waals surface area contributed by atoms with Crippen LogP contribution in [-0.2, 0) is 9.53 Å². The second-order valence-electron chi connectivity index (χ2n) is 3.12. The molecule has 0 unspecified atom stereocenters. The number of fused-ring (bicyclic) bond motifs is 1. The summed E-state index contributed by atoms with van der Waals surface area (Å²) in [6.45, 7) is 6.49. The van der Waals surface area contributed by atoms with Gasteiger partial charge in [-0.05, 0) is 12.5 Å². The fourth-order valence-corrected chi connectivity index (χ4v) is 1.42. The van der Waals surface area contributed by atoms with Gasteiger partial charge >= 0.3 is 0 Å². The number of rotatable bonds is 0. The maximum Gasteiger partial charge on any atom is 0.229 e. The summed E-state index contributed by atoms with van der Waals surface area (Å²) in [4.78, 5) is 12.6. The van der Waals surface area contributed by atoms with E-state index >= 15 is 0 Å². The van der Waals surface area contributed by atoms with Crippen molar-refractivity contribution in [1.29, 1.82) is 0 Å². The molecule has 3 nitrogen and oxygen atoms in total. The zero-order valence-corrected chi connectivity index (χ0v) is 6.54. The molecule has 11 heavy (non-hydrogen) atoms. The molecular weight excluding hydrogens is 142 g/mol. The van der Waals surface area contributed by atoms with Gasteiger partial charge in [0.15, 0.2) is 0 Å². The third kappa shape index (κ3) is 0.878. The largest absolute Gasteiger partial charge is 0.350 e. The molecule has 2 saturated heterocycles. The van der Waals surface area contributed by atoms with E-state index in [-0.39, 0.29) is 18.2 Å². The van der Waals surface area contributed by atoms with Crippen molar-refractivity contribution in [2.24, 2.45) is 0 Å². The molecule has 2 aliphatic heterocycles. The van der Waals surface area contributed by atoms with Gasteiger partial charge in [0.05, 0.1) is 12.5 Å². The van der Waals surface area contributed by atoms with E-state index in [0.717, 1.165) is 5.57 Å². The van der Waals surface area contributed by atoms with Crippen LogP contribution < -0.4 is 0 Å². The number of nitrogens with zero attached hydrogens (tertiary/aromatic N) is 1. The van der Waals surface area contributed by atoms with Crippen LogP contribution in [0.2, 0.25) is 0 Å². The average Bonchev–Trinajstić information content (AvgIpc) is 1.97. The van der Waals surface area contributed by atoms with Crippen LogP contribution in [-0.4, -0.2) is 29.7 Å². The van der Waals surface area contributed by atoms with E-state index in [1.54, 1.807) is 4.90 Å². The van der Waals surface area contributed by atoms with Gasteiger partial charge in [0, 0.05) is 6.54 Å². The minimum absolute atomic E-state index is 0.0444. The van der Waals surface area contributed by atoms with Crippen LogP contribution in [0, 0.1) is 0 Å². The van der Waals surface area contributed by atoms with Gasteiger partial charge in [0.2, 0.25) is 5.91 Å². The highest BCUT2D eigenvalue weighted by molar-refractivity contribution is 5.83. The van der Waals surface area contributed by atoms with Crippen LogP contribution >= 0.6 is 0 Å². The van der Waals surface area contributed by atoms with Gasteiger partial charge in [0.1, 0.15) is 6.23 Å². The molecule has 1 amide bonds. The lowest BCUT2D eigenvalue weighted by atomic mass is 10.0. The van der Waals surface area contributed by atoms with Crippen molar-refractivity contribution in [3.63, 3.8) is 0 Å². The predicted molar refractivity (Wildman–Crippen MR) is 39.8 cm³/mol. The van der Waals surface area contributed by atoms with Crippen LogP contribution in [0.4, 0.5) is 0 Å². The Balaban J connectivity index is 2.09. The predicted octanol–water partition coefficient (Wildman–Crippen LogP) is 0.520. The Morgan fingerprint density at radius 2 is 2.45 bits per heavy atom. The average molecular weight is 153 g/mol. The molecule has 3 heteroatoms. The molecular formula is C8H11NO2. The number of carbonyl (C=O) groups excluding carboxylic acids is 1. The highest BCUT2D eigenvalue weighted by atomic mass is 16.5. The van der Waals surface area contributed by atoms with Crippen molar-refractivity contribution < 1.29 is 9.53 Å². The van der Waals surface area contributed by atoms with Crippen molar-refractivity contribution in [3.8, 4) is 0 Å². The van der Waals surface area contributed by atoms with E-state index in [9.17, 15) is 4.79 Å². The van der Waals surface area contributed by atoms with Crippen molar-refractivity contribution in [2.45, 2.75) is 25.7 Å². The van der Waals surface area contributed by atoms with E-state index in [0.29, 0.717) is 13.0 Å². The summed E-state index contributed by atoms with van der Waals surface area (Å²) in [5.74, 6) is 0.183. The molecule has 0 aliphatic carbocycles. The Bertz CT molecular complexity index is 224. The van der Waals surface area contributed by atoms with E-state index < -0.39 is 0 Å². The molecule has 60 valence electrons. The maximum absolute atomic E-state index is 10.9. The number of β-lactam (4-membered cyclic amide) rings is 1. The standard InChI is InChI=1S/C8H11NO2/c1-5-4-9-7(10)3-8(9)11-6(5)2/h6,8H,1,3-4H2,2H3/t6-,8-/m0/s1. The molecule has 0 saturated carbocycles. The van der Waals surface area contributed by atoms with Gasteiger partial charge in [-0.15, -0.1) is 0 Å². The van der Waals surface area contributed by atoms with Crippen molar-refractivity contribution >= 4 is 5.91 Å². The van der Waals surface area contributed by atoms with E-state index in [1.165, 1.54) is 0 Å². The smallest absolute Gasteiger partial charge is 0.229 e. The van der Waals surface area contributed by atoms with Gasteiger partial charge in [0.25, 0.3) is 0 Å². The highest BCUT2D eigenvalue weighted by Crippen LogP contribution is 2.29. The zero-order valence-electron chi connectivity index (χ0n) is 6.54. The first kappa shape index (κ1) is 6.85. The molecule has 2 rings (SSSR count). The van der Waals surface area contributed by atoms with Gasteiger partial charge in [-0.1, -0.05) is 6.58 Å². The third-order valence-corrected chi connectivity index (χ3v) is 2.33. The van der Waals surface area contributed by atoms with E-state index in [4.69, 9.17) is 4.74 Å². The molecule has 0 N–H and O–H groups in total. The Kier molecular flexibility index (Phi) is 1.29. The van der Waals surface area contributed by atoms with Gasteiger partial charge in [-0.3, -0.25) is 4.79 Å². The van der Waals surface area contributed by atoms with Crippen LogP contribution in [0.3, 0.4) is 0 Å². The lowest BCUT2D eigenvalue weighted by molar-refractivity contribution is -0.187. The van der Waals surface area contributed by atoms with Crippen molar-refractivity contribution in [2.75, 3.05) is 6.54 Å². The fraction of sp³-hybridized carbons (Fsp3) is 0.625. The van der Waals surface area contributed by atoms with E-state index in [1.807, 2.05) is 6.92 Å². The van der Waals surface area contributed by atoms with E-state index in [2.05, 4.69) is 6.58 Å². The Morgan fingerprint density at radius 1 is 1.73 bits per heavy atom. The third-order valence-electron chi connectivity index (χ3n) is 2.33. The first-order valence-corrected chi connectivity index (χ1v) is 3.81. The molecule has 0 radical (unpaired) electrons. The summed E-state index contributed by atoms with van der Waals surface area (Å²) in [7, 11) is 0. The topological polar surface area (TPSA) is 29.5 Å². The molecule has 2 fully saturated rings. The van der Waals surface area contributed by atoms with Crippen LogP contribution in [0.15, 0.2) is 12.2 Å². The number of carbonyl (C=O) groups is 1. The minimum atomic E-state index is 0.0444.